The summed E-state index contributed by atoms with van der Waals surface area (Å²) in [6, 6.07) is 5.52. The molecule has 5 heteroatoms. The van der Waals surface area contributed by atoms with Crippen molar-refractivity contribution < 1.29 is 14.0 Å². The number of ether oxygens (including phenoxy) is 2. The first kappa shape index (κ1) is 12.3. The van der Waals surface area contributed by atoms with E-state index in [1.807, 2.05) is 25.1 Å². The molecule has 1 aromatic carbocycles. The highest BCUT2D eigenvalue weighted by Gasteiger charge is 2.18. The summed E-state index contributed by atoms with van der Waals surface area (Å²) in [5.41, 5.74) is 8.14. The highest BCUT2D eigenvalue weighted by molar-refractivity contribution is 5.74. The van der Waals surface area contributed by atoms with Gasteiger partial charge in [0, 0.05) is 11.1 Å². The first-order chi connectivity index (χ1) is 8.71. The molecule has 0 amide bonds. The SMILES string of the molecule is CCc1c(-c2cc(OC)ccc2OC)noc1N. The van der Waals surface area contributed by atoms with Gasteiger partial charge in [0.05, 0.1) is 14.2 Å². The second kappa shape index (κ2) is 5.00. The van der Waals surface area contributed by atoms with E-state index in [1.54, 1.807) is 14.2 Å². The van der Waals surface area contributed by atoms with Crippen LogP contribution < -0.4 is 15.2 Å². The zero-order chi connectivity index (χ0) is 13.1. The fraction of sp³-hybridized carbons (Fsp3) is 0.308. The van der Waals surface area contributed by atoms with Gasteiger partial charge in [-0.1, -0.05) is 12.1 Å². The molecule has 2 N–H and O–H groups in total. The minimum absolute atomic E-state index is 0.345. The van der Waals surface area contributed by atoms with Gasteiger partial charge in [-0.2, -0.15) is 0 Å². The lowest BCUT2D eigenvalue weighted by Gasteiger charge is -2.09. The Hall–Kier alpha value is -2.17. The lowest BCUT2D eigenvalue weighted by molar-refractivity contribution is 0.403. The van der Waals surface area contributed by atoms with Crippen molar-refractivity contribution in [3.8, 4) is 22.8 Å². The highest BCUT2D eigenvalue weighted by Crippen LogP contribution is 2.36. The molecule has 0 saturated heterocycles. The molecule has 0 fully saturated rings. The number of nitrogens with two attached hydrogens (primary N) is 1. The van der Waals surface area contributed by atoms with Crippen molar-refractivity contribution in [1.29, 1.82) is 0 Å². The topological polar surface area (TPSA) is 70.5 Å². The van der Waals surface area contributed by atoms with Gasteiger partial charge in [0.15, 0.2) is 0 Å². The normalized spacial score (nSPS) is 10.4. The van der Waals surface area contributed by atoms with Crippen LogP contribution in [0.2, 0.25) is 0 Å². The number of rotatable bonds is 4. The monoisotopic (exact) mass is 248 g/mol. The Kier molecular flexibility index (Phi) is 3.41. The van der Waals surface area contributed by atoms with Crippen molar-refractivity contribution >= 4 is 5.88 Å². The maximum Gasteiger partial charge on any atom is 0.225 e. The zero-order valence-corrected chi connectivity index (χ0v) is 10.7. The highest BCUT2D eigenvalue weighted by atomic mass is 16.5. The molecule has 1 heterocycles. The van der Waals surface area contributed by atoms with Gasteiger partial charge in [-0.25, -0.2) is 0 Å². The Balaban J connectivity index is 2.60. The van der Waals surface area contributed by atoms with Gasteiger partial charge in [-0.15, -0.1) is 0 Å². The molecule has 5 nitrogen and oxygen atoms in total. The molecule has 1 aromatic heterocycles. The average Bonchev–Trinajstić information content (AvgIpc) is 2.78. The van der Waals surface area contributed by atoms with Crippen LogP contribution in [0.3, 0.4) is 0 Å². The molecule has 0 aliphatic heterocycles. The summed E-state index contributed by atoms with van der Waals surface area (Å²) in [7, 11) is 3.23. The molecular formula is C13H16N2O3. The van der Waals surface area contributed by atoms with Gasteiger partial charge in [-0.05, 0) is 24.6 Å². The third-order valence-electron chi connectivity index (χ3n) is 2.83. The number of benzene rings is 1. The van der Waals surface area contributed by atoms with E-state index in [1.165, 1.54) is 0 Å². The lowest BCUT2D eigenvalue weighted by atomic mass is 10.0. The predicted molar refractivity (Wildman–Crippen MR) is 68.8 cm³/mol. The van der Waals surface area contributed by atoms with Crippen LogP contribution >= 0.6 is 0 Å². The van der Waals surface area contributed by atoms with Crippen LogP contribution in [0.5, 0.6) is 11.5 Å². The Morgan fingerprint density at radius 2 is 2.06 bits per heavy atom. The van der Waals surface area contributed by atoms with E-state index < -0.39 is 0 Å². The first-order valence-electron chi connectivity index (χ1n) is 5.67. The molecule has 0 spiro atoms. The second-order valence-electron chi connectivity index (χ2n) is 3.79. The van der Waals surface area contributed by atoms with Crippen molar-refractivity contribution in [2.75, 3.05) is 20.0 Å². The summed E-state index contributed by atoms with van der Waals surface area (Å²) in [6.07, 6.45) is 0.741. The molecule has 0 aliphatic rings. The number of anilines is 1. The van der Waals surface area contributed by atoms with Gasteiger partial charge >= 0.3 is 0 Å². The van der Waals surface area contributed by atoms with Crippen LogP contribution in [0, 0.1) is 0 Å². The lowest BCUT2D eigenvalue weighted by Crippen LogP contribution is -1.94. The Labute approximate surface area is 105 Å². The van der Waals surface area contributed by atoms with Crippen LogP contribution in [-0.4, -0.2) is 19.4 Å². The number of hydrogen-bond acceptors (Lipinski definition) is 5. The van der Waals surface area contributed by atoms with E-state index in [-0.39, 0.29) is 0 Å². The van der Waals surface area contributed by atoms with Crippen molar-refractivity contribution in [2.24, 2.45) is 0 Å². The fourth-order valence-corrected chi connectivity index (χ4v) is 1.87. The summed E-state index contributed by atoms with van der Waals surface area (Å²) in [5, 5.41) is 4.01. The molecular weight excluding hydrogens is 232 g/mol. The smallest absolute Gasteiger partial charge is 0.225 e. The van der Waals surface area contributed by atoms with Crippen LogP contribution in [0.25, 0.3) is 11.3 Å². The van der Waals surface area contributed by atoms with Gasteiger partial charge < -0.3 is 19.7 Å². The quantitative estimate of drug-likeness (QED) is 0.900. The van der Waals surface area contributed by atoms with Crippen molar-refractivity contribution in [3.05, 3.63) is 23.8 Å². The maximum absolute atomic E-state index is 5.75. The summed E-state index contributed by atoms with van der Waals surface area (Å²) in [6.45, 7) is 2.00. The molecule has 2 aromatic rings. The third-order valence-corrected chi connectivity index (χ3v) is 2.83. The van der Waals surface area contributed by atoms with Gasteiger partial charge in [0.1, 0.15) is 17.2 Å². The third kappa shape index (κ3) is 1.99. The Bertz CT molecular complexity index is 549. The zero-order valence-electron chi connectivity index (χ0n) is 10.7. The molecule has 0 unspecified atom stereocenters. The molecule has 0 atom stereocenters. The number of nitrogens with zero attached hydrogens (tertiary/aromatic N) is 1. The fourth-order valence-electron chi connectivity index (χ4n) is 1.87. The Morgan fingerprint density at radius 1 is 1.28 bits per heavy atom. The van der Waals surface area contributed by atoms with Crippen LogP contribution in [0.1, 0.15) is 12.5 Å². The minimum atomic E-state index is 0.345. The molecule has 0 radical (unpaired) electrons. The average molecular weight is 248 g/mol. The predicted octanol–water partition coefficient (Wildman–Crippen LogP) is 2.50. The first-order valence-corrected chi connectivity index (χ1v) is 5.67. The molecule has 96 valence electrons. The molecule has 2 rings (SSSR count). The van der Waals surface area contributed by atoms with Gasteiger partial charge in [0.2, 0.25) is 5.88 Å². The van der Waals surface area contributed by atoms with Gasteiger partial charge in [0.25, 0.3) is 0 Å². The summed E-state index contributed by atoms with van der Waals surface area (Å²) in [5.74, 6) is 1.78. The van der Waals surface area contributed by atoms with Crippen LogP contribution in [0.4, 0.5) is 5.88 Å². The van der Waals surface area contributed by atoms with Gasteiger partial charge in [-0.3, -0.25) is 0 Å². The standard InChI is InChI=1S/C13H16N2O3/c1-4-9-12(15-18-13(9)14)10-7-8(16-2)5-6-11(10)17-3/h5-7H,4,14H2,1-3H3. The number of hydrogen-bond donors (Lipinski definition) is 1. The van der Waals surface area contributed by atoms with Crippen molar-refractivity contribution in [1.82, 2.24) is 5.16 Å². The summed E-state index contributed by atoms with van der Waals surface area (Å²) >= 11 is 0. The van der Waals surface area contributed by atoms with Crippen molar-refractivity contribution in [2.45, 2.75) is 13.3 Å². The summed E-state index contributed by atoms with van der Waals surface area (Å²) in [4.78, 5) is 0. The van der Waals surface area contributed by atoms with E-state index in [0.717, 1.165) is 23.3 Å². The second-order valence-corrected chi connectivity index (χ2v) is 3.79. The molecule has 0 saturated carbocycles. The molecule has 0 bridgehead atoms. The van der Waals surface area contributed by atoms with Crippen LogP contribution in [0.15, 0.2) is 22.7 Å². The Morgan fingerprint density at radius 3 is 2.67 bits per heavy atom. The van der Waals surface area contributed by atoms with Crippen LogP contribution in [-0.2, 0) is 6.42 Å². The van der Waals surface area contributed by atoms with E-state index in [9.17, 15) is 0 Å². The van der Waals surface area contributed by atoms with E-state index in [2.05, 4.69) is 5.16 Å². The van der Waals surface area contributed by atoms with E-state index in [0.29, 0.717) is 17.3 Å². The number of aromatic nitrogens is 1. The minimum Gasteiger partial charge on any atom is -0.497 e. The summed E-state index contributed by atoms with van der Waals surface area (Å²) < 4.78 is 15.6. The van der Waals surface area contributed by atoms with E-state index in [4.69, 9.17) is 19.7 Å². The largest absolute Gasteiger partial charge is 0.497 e. The van der Waals surface area contributed by atoms with Crippen molar-refractivity contribution in [3.63, 3.8) is 0 Å². The number of methoxy groups -OCH3 is 2. The number of nitrogen functional groups attached to an aromatic ring is 1. The molecule has 18 heavy (non-hydrogen) atoms. The molecule has 0 aliphatic carbocycles. The maximum atomic E-state index is 5.75. The van der Waals surface area contributed by atoms with E-state index >= 15 is 0 Å².